The lowest BCUT2D eigenvalue weighted by Crippen LogP contribution is -2.51. The number of nitrogens with one attached hydrogen (secondary N) is 1. The highest BCUT2D eigenvalue weighted by molar-refractivity contribution is 5.94. The van der Waals surface area contributed by atoms with Crippen molar-refractivity contribution in [1.82, 2.24) is 10.2 Å². The molecule has 0 fully saturated rings. The molecule has 1 aliphatic heterocycles. The Labute approximate surface area is 235 Å². The molecular formula is C32H50N2O5. The van der Waals surface area contributed by atoms with Crippen LogP contribution in [-0.4, -0.2) is 36.7 Å². The third kappa shape index (κ3) is 10.3. The average molecular weight is 543 g/mol. The summed E-state index contributed by atoms with van der Waals surface area (Å²) < 4.78 is 10.4. The maximum absolute atomic E-state index is 13.0. The number of imide groups is 1. The van der Waals surface area contributed by atoms with Gasteiger partial charge in [0.1, 0.15) is 6.61 Å². The second-order valence-corrected chi connectivity index (χ2v) is 10.6. The Hall–Kier alpha value is -2.83. The minimum absolute atomic E-state index is 0.0251. The number of unbranched alkanes of at least 4 members (excludes halogenated alkanes) is 12. The molecule has 0 aliphatic carbocycles. The van der Waals surface area contributed by atoms with Gasteiger partial charge in [-0.2, -0.15) is 0 Å². The molecule has 39 heavy (non-hydrogen) atoms. The lowest BCUT2D eigenvalue weighted by atomic mass is 9.86. The number of hydrogen-bond acceptors (Lipinski definition) is 5. The van der Waals surface area contributed by atoms with Gasteiger partial charge in [-0.1, -0.05) is 102 Å². The number of nitrogens with zero attached hydrogens (tertiary/aromatic N) is 1. The fourth-order valence-corrected chi connectivity index (χ4v) is 5.46. The number of amides is 3. The molecule has 1 aromatic rings. The molecule has 1 N–H and O–H groups in total. The number of carbonyl (C=O) groups is 3. The summed E-state index contributed by atoms with van der Waals surface area (Å²) in [5.74, 6) is 0. The van der Waals surface area contributed by atoms with Crippen molar-refractivity contribution in [2.45, 2.75) is 124 Å². The van der Waals surface area contributed by atoms with Crippen LogP contribution in [0.1, 0.15) is 127 Å². The lowest BCUT2D eigenvalue weighted by molar-refractivity contribution is -0.128. The first-order chi connectivity index (χ1) is 19.0. The van der Waals surface area contributed by atoms with Gasteiger partial charge in [-0.3, -0.25) is 4.79 Å². The zero-order chi connectivity index (χ0) is 28.5. The van der Waals surface area contributed by atoms with Gasteiger partial charge >= 0.3 is 12.1 Å². The molecular weight excluding hydrogens is 492 g/mol. The molecule has 7 heteroatoms. The maximum Gasteiger partial charge on any atom is 0.418 e. The van der Waals surface area contributed by atoms with Crippen LogP contribution >= 0.6 is 0 Å². The number of hydrogen-bond donors (Lipinski definition) is 1. The number of carbonyl (C=O) groups excluding carboxylic acids is 3. The van der Waals surface area contributed by atoms with Crippen molar-refractivity contribution in [2.24, 2.45) is 0 Å². The van der Waals surface area contributed by atoms with Crippen LogP contribution in [0.3, 0.4) is 0 Å². The van der Waals surface area contributed by atoms with Crippen molar-refractivity contribution in [3.8, 4) is 0 Å². The molecule has 0 saturated heterocycles. The first kappa shape index (κ1) is 32.4. The molecule has 7 nitrogen and oxygen atoms in total. The van der Waals surface area contributed by atoms with Gasteiger partial charge in [0.25, 0.3) is 6.47 Å². The summed E-state index contributed by atoms with van der Waals surface area (Å²) in [5, 5.41) is 2.73. The van der Waals surface area contributed by atoms with Gasteiger partial charge in [0.05, 0.1) is 12.6 Å². The van der Waals surface area contributed by atoms with Gasteiger partial charge in [0, 0.05) is 11.3 Å². The van der Waals surface area contributed by atoms with Crippen molar-refractivity contribution in [3.05, 3.63) is 46.2 Å². The largest absolute Gasteiger partial charge is 0.463 e. The first-order valence-corrected chi connectivity index (χ1v) is 15.1. The summed E-state index contributed by atoms with van der Waals surface area (Å²) in [6.45, 7) is 8.24. The Bertz CT molecular complexity index is 942. The van der Waals surface area contributed by atoms with Crippen LogP contribution in [0, 0.1) is 6.92 Å². The van der Waals surface area contributed by atoms with Gasteiger partial charge < -0.3 is 14.8 Å². The van der Waals surface area contributed by atoms with Crippen LogP contribution in [0.4, 0.5) is 9.59 Å². The van der Waals surface area contributed by atoms with E-state index in [1.165, 1.54) is 70.6 Å². The van der Waals surface area contributed by atoms with Gasteiger partial charge in [-0.25, -0.2) is 14.5 Å². The molecule has 2 rings (SSSR count). The Morgan fingerprint density at radius 2 is 1.51 bits per heavy atom. The number of rotatable bonds is 19. The van der Waals surface area contributed by atoms with Crippen LogP contribution in [0.5, 0.6) is 0 Å². The van der Waals surface area contributed by atoms with Crippen molar-refractivity contribution in [3.63, 3.8) is 0 Å². The van der Waals surface area contributed by atoms with Gasteiger partial charge in [0.2, 0.25) is 0 Å². The van der Waals surface area contributed by atoms with E-state index in [1.807, 2.05) is 19.1 Å². The standard InChI is InChI=1S/C32H50N2O5/c1-5-7-8-9-10-11-12-13-14-15-16-17-18-21-27-22-19-20-25(3)29(27)30-28(23-38-24-35)26(4)33-31(36)34(30)32(37)39-6-2/h19-20,22,24,30H,5-18,21,23H2,1-4H3,(H,33,36). The minimum Gasteiger partial charge on any atom is -0.463 e. The molecule has 218 valence electrons. The molecule has 3 amide bonds. The lowest BCUT2D eigenvalue weighted by Gasteiger charge is -2.37. The Balaban J connectivity index is 2.02. The third-order valence-electron chi connectivity index (χ3n) is 7.59. The van der Waals surface area contributed by atoms with E-state index in [-0.39, 0.29) is 13.2 Å². The zero-order valence-corrected chi connectivity index (χ0v) is 24.7. The van der Waals surface area contributed by atoms with Crippen LogP contribution < -0.4 is 5.32 Å². The molecule has 0 radical (unpaired) electrons. The van der Waals surface area contributed by atoms with Crippen molar-refractivity contribution >= 4 is 18.6 Å². The van der Waals surface area contributed by atoms with Crippen molar-refractivity contribution in [2.75, 3.05) is 13.2 Å². The van der Waals surface area contributed by atoms with Crippen molar-refractivity contribution in [1.29, 1.82) is 0 Å². The fraction of sp³-hybridized carbons (Fsp3) is 0.656. The van der Waals surface area contributed by atoms with E-state index >= 15 is 0 Å². The van der Waals surface area contributed by atoms with Gasteiger partial charge in [-0.15, -0.1) is 0 Å². The Morgan fingerprint density at radius 1 is 0.923 bits per heavy atom. The summed E-state index contributed by atoms with van der Waals surface area (Å²) in [6.07, 6.45) is 17.0. The fourth-order valence-electron chi connectivity index (χ4n) is 5.46. The summed E-state index contributed by atoms with van der Waals surface area (Å²) in [7, 11) is 0. The molecule has 0 saturated carbocycles. The normalized spacial score (nSPS) is 15.3. The number of aryl methyl sites for hydroxylation is 2. The molecule has 1 unspecified atom stereocenters. The molecule has 0 bridgehead atoms. The second-order valence-electron chi connectivity index (χ2n) is 10.6. The monoisotopic (exact) mass is 542 g/mol. The molecule has 0 spiro atoms. The number of ether oxygens (including phenoxy) is 2. The number of benzene rings is 1. The molecule has 1 aliphatic rings. The second kappa shape index (κ2) is 18.5. The molecule has 1 heterocycles. The van der Waals surface area contributed by atoms with Crippen LogP contribution in [0.2, 0.25) is 0 Å². The average Bonchev–Trinajstić information content (AvgIpc) is 2.90. The van der Waals surface area contributed by atoms with E-state index < -0.39 is 18.2 Å². The molecule has 1 aromatic carbocycles. The highest BCUT2D eigenvalue weighted by Gasteiger charge is 2.41. The predicted octanol–water partition coefficient (Wildman–Crippen LogP) is 8.30. The van der Waals surface area contributed by atoms with Gasteiger partial charge in [0.15, 0.2) is 0 Å². The van der Waals surface area contributed by atoms with Crippen LogP contribution in [0.25, 0.3) is 0 Å². The number of urea groups is 1. The first-order valence-electron chi connectivity index (χ1n) is 15.1. The van der Waals surface area contributed by atoms with Gasteiger partial charge in [-0.05, 0) is 50.3 Å². The van der Waals surface area contributed by atoms with Crippen LogP contribution in [-0.2, 0) is 20.7 Å². The number of allylic oxidation sites excluding steroid dienone is 1. The highest BCUT2D eigenvalue weighted by atomic mass is 16.6. The topological polar surface area (TPSA) is 84.9 Å². The predicted molar refractivity (Wildman–Crippen MR) is 155 cm³/mol. The van der Waals surface area contributed by atoms with E-state index in [2.05, 4.69) is 18.3 Å². The molecule has 1 atom stereocenters. The van der Waals surface area contributed by atoms with E-state index in [0.29, 0.717) is 17.7 Å². The van der Waals surface area contributed by atoms with Crippen molar-refractivity contribution < 1.29 is 23.9 Å². The summed E-state index contributed by atoms with van der Waals surface area (Å²) >= 11 is 0. The SMILES string of the molecule is CCCCCCCCCCCCCCCc1cccc(C)c1C1C(COC=O)=C(C)NC(=O)N1C(=O)OCC. The Kier molecular flexibility index (Phi) is 15.3. The summed E-state index contributed by atoms with van der Waals surface area (Å²) in [5.41, 5.74) is 4.23. The Morgan fingerprint density at radius 3 is 2.08 bits per heavy atom. The zero-order valence-electron chi connectivity index (χ0n) is 24.7. The molecule has 0 aromatic heterocycles. The van der Waals surface area contributed by atoms with E-state index in [1.54, 1.807) is 13.8 Å². The quantitative estimate of drug-likeness (QED) is 0.140. The highest BCUT2D eigenvalue weighted by Crippen LogP contribution is 2.38. The minimum atomic E-state index is -0.716. The van der Waals surface area contributed by atoms with E-state index in [0.717, 1.165) is 40.9 Å². The summed E-state index contributed by atoms with van der Waals surface area (Å²) in [6, 6.07) is 4.85. The van der Waals surface area contributed by atoms with E-state index in [9.17, 15) is 14.4 Å². The van der Waals surface area contributed by atoms with E-state index in [4.69, 9.17) is 9.47 Å². The van der Waals surface area contributed by atoms with Crippen LogP contribution in [0.15, 0.2) is 29.5 Å². The summed E-state index contributed by atoms with van der Waals surface area (Å²) in [4.78, 5) is 38.1. The third-order valence-corrected chi connectivity index (χ3v) is 7.59. The smallest absolute Gasteiger partial charge is 0.418 e. The maximum atomic E-state index is 13.0.